The minimum absolute atomic E-state index is 0.338. The SMILES string of the molecule is CCCCCCC(c1cc(CCCC)nc2ccnn12)P(=O)(OCC)OCC. The lowest BCUT2D eigenvalue weighted by molar-refractivity contribution is 0.209. The van der Waals surface area contributed by atoms with Crippen molar-refractivity contribution in [2.75, 3.05) is 13.2 Å². The number of hydrogen-bond acceptors (Lipinski definition) is 5. The minimum atomic E-state index is -3.31. The van der Waals surface area contributed by atoms with Crippen molar-refractivity contribution in [3.05, 3.63) is 29.7 Å². The van der Waals surface area contributed by atoms with E-state index in [4.69, 9.17) is 14.0 Å². The van der Waals surface area contributed by atoms with Crippen LogP contribution in [0.1, 0.15) is 89.7 Å². The highest BCUT2D eigenvalue weighted by Crippen LogP contribution is 2.62. The highest BCUT2D eigenvalue weighted by molar-refractivity contribution is 7.54. The summed E-state index contributed by atoms with van der Waals surface area (Å²) in [5.74, 6) is 0. The van der Waals surface area contributed by atoms with Crippen LogP contribution in [0.15, 0.2) is 18.3 Å². The molecule has 0 fully saturated rings. The third-order valence-corrected chi connectivity index (χ3v) is 7.42. The summed E-state index contributed by atoms with van der Waals surface area (Å²) < 4.78 is 27.1. The van der Waals surface area contributed by atoms with Crippen molar-refractivity contribution in [3.63, 3.8) is 0 Å². The smallest absolute Gasteiger partial charge is 0.308 e. The van der Waals surface area contributed by atoms with E-state index < -0.39 is 7.60 Å². The zero-order valence-electron chi connectivity index (χ0n) is 17.9. The molecule has 0 saturated carbocycles. The molecule has 0 aliphatic rings. The fraction of sp³-hybridized carbons (Fsp3) is 0.714. The van der Waals surface area contributed by atoms with Gasteiger partial charge >= 0.3 is 7.60 Å². The van der Waals surface area contributed by atoms with Gasteiger partial charge in [0.15, 0.2) is 5.65 Å². The summed E-state index contributed by atoms with van der Waals surface area (Å²) >= 11 is 0. The maximum atomic E-state index is 13.8. The first-order chi connectivity index (χ1) is 13.6. The molecule has 0 saturated heterocycles. The van der Waals surface area contributed by atoms with Gasteiger partial charge in [0.2, 0.25) is 0 Å². The van der Waals surface area contributed by atoms with Crippen LogP contribution < -0.4 is 0 Å². The van der Waals surface area contributed by atoms with Crippen LogP contribution in [0, 0.1) is 0 Å². The monoisotopic (exact) mass is 409 g/mol. The van der Waals surface area contributed by atoms with Gasteiger partial charge in [-0.2, -0.15) is 5.10 Å². The summed E-state index contributed by atoms with van der Waals surface area (Å²) in [4.78, 5) is 4.73. The van der Waals surface area contributed by atoms with E-state index in [9.17, 15) is 4.57 Å². The number of aromatic nitrogens is 3. The Bertz CT molecular complexity index is 752. The van der Waals surface area contributed by atoms with Crippen molar-refractivity contribution in [3.8, 4) is 0 Å². The van der Waals surface area contributed by atoms with Crippen molar-refractivity contribution in [1.29, 1.82) is 0 Å². The molecular weight excluding hydrogens is 373 g/mol. The maximum absolute atomic E-state index is 13.8. The topological polar surface area (TPSA) is 65.7 Å². The molecule has 0 bridgehead atoms. The predicted octanol–water partition coefficient (Wildman–Crippen LogP) is 6.35. The van der Waals surface area contributed by atoms with Gasteiger partial charge in [0.25, 0.3) is 0 Å². The van der Waals surface area contributed by atoms with Gasteiger partial charge in [-0.05, 0) is 39.2 Å². The molecule has 1 atom stereocenters. The summed E-state index contributed by atoms with van der Waals surface area (Å²) in [5, 5.41) is 4.46. The van der Waals surface area contributed by atoms with Crippen LogP contribution in [0.4, 0.5) is 0 Å². The predicted molar refractivity (Wildman–Crippen MR) is 114 cm³/mol. The van der Waals surface area contributed by atoms with Crippen molar-refractivity contribution in [2.24, 2.45) is 0 Å². The number of fused-ring (bicyclic) bond motifs is 1. The number of unbranched alkanes of at least 4 members (excludes halogenated alkanes) is 4. The van der Waals surface area contributed by atoms with E-state index in [1.165, 1.54) is 12.8 Å². The molecule has 1 unspecified atom stereocenters. The number of hydrogen-bond donors (Lipinski definition) is 0. The molecule has 2 heterocycles. The number of nitrogens with zero attached hydrogens (tertiary/aromatic N) is 3. The molecule has 28 heavy (non-hydrogen) atoms. The molecule has 0 radical (unpaired) electrons. The highest BCUT2D eigenvalue weighted by Gasteiger charge is 2.38. The van der Waals surface area contributed by atoms with E-state index >= 15 is 0 Å². The first kappa shape index (κ1) is 23.1. The van der Waals surface area contributed by atoms with Crippen LogP contribution in [0.25, 0.3) is 5.65 Å². The van der Waals surface area contributed by atoms with Gasteiger partial charge < -0.3 is 9.05 Å². The van der Waals surface area contributed by atoms with E-state index in [0.29, 0.717) is 13.2 Å². The van der Waals surface area contributed by atoms with Gasteiger partial charge in [-0.3, -0.25) is 4.57 Å². The van der Waals surface area contributed by atoms with Gasteiger partial charge in [0, 0.05) is 11.8 Å². The van der Waals surface area contributed by atoms with Gasteiger partial charge in [-0.25, -0.2) is 9.50 Å². The Kier molecular flexibility index (Phi) is 9.63. The molecule has 7 heteroatoms. The Morgan fingerprint density at radius 1 is 1.04 bits per heavy atom. The molecule has 0 amide bonds. The van der Waals surface area contributed by atoms with Crippen molar-refractivity contribution < 1.29 is 13.6 Å². The zero-order chi connectivity index (χ0) is 20.4. The second-order valence-corrected chi connectivity index (χ2v) is 9.34. The highest BCUT2D eigenvalue weighted by atomic mass is 31.2. The Hall–Kier alpha value is -1.23. The summed E-state index contributed by atoms with van der Waals surface area (Å²) in [6.45, 7) is 8.81. The molecule has 0 aliphatic carbocycles. The lowest BCUT2D eigenvalue weighted by Crippen LogP contribution is -2.13. The molecule has 0 spiro atoms. The van der Waals surface area contributed by atoms with Gasteiger partial charge in [0.05, 0.1) is 25.1 Å². The first-order valence-electron chi connectivity index (χ1n) is 10.8. The van der Waals surface area contributed by atoms with Gasteiger partial charge in [-0.15, -0.1) is 0 Å². The second kappa shape index (κ2) is 11.7. The summed E-state index contributed by atoms with van der Waals surface area (Å²) in [7, 11) is -3.31. The molecule has 2 aromatic rings. The maximum Gasteiger partial charge on any atom is 0.339 e. The van der Waals surface area contributed by atoms with E-state index in [1.54, 1.807) is 6.20 Å². The van der Waals surface area contributed by atoms with Crippen LogP contribution in [0.5, 0.6) is 0 Å². The Morgan fingerprint density at radius 3 is 2.39 bits per heavy atom. The van der Waals surface area contributed by atoms with Crippen molar-refractivity contribution >= 4 is 13.2 Å². The minimum Gasteiger partial charge on any atom is -0.308 e. The Labute approximate surface area is 169 Å². The third kappa shape index (κ3) is 5.88. The fourth-order valence-corrected chi connectivity index (χ4v) is 5.69. The average molecular weight is 410 g/mol. The van der Waals surface area contributed by atoms with E-state index in [2.05, 4.69) is 25.0 Å². The summed E-state index contributed by atoms with van der Waals surface area (Å²) in [6, 6.07) is 3.96. The zero-order valence-corrected chi connectivity index (χ0v) is 18.8. The second-order valence-electron chi connectivity index (χ2n) is 7.12. The quantitative estimate of drug-likeness (QED) is 0.269. The fourth-order valence-electron chi connectivity index (χ4n) is 3.52. The lowest BCUT2D eigenvalue weighted by atomic mass is 10.1. The normalized spacial score (nSPS) is 13.3. The molecule has 2 rings (SSSR count). The Morgan fingerprint density at radius 2 is 1.75 bits per heavy atom. The molecule has 0 N–H and O–H groups in total. The standard InChI is InChI=1S/C21H36N3O3P/c1-5-9-11-12-14-20(28(25,26-7-3)27-8-4)19-17-18(13-10-6-2)23-21-15-16-22-24(19)21/h15-17,20H,5-14H2,1-4H3. The van der Waals surface area contributed by atoms with Gasteiger partial charge in [-0.1, -0.05) is 46.0 Å². The summed E-state index contributed by atoms with van der Waals surface area (Å²) in [6.07, 6.45) is 10.0. The molecule has 0 aromatic carbocycles. The first-order valence-corrected chi connectivity index (χ1v) is 12.4. The molecule has 0 aliphatic heterocycles. The van der Waals surface area contributed by atoms with E-state index in [1.807, 2.05) is 24.4 Å². The lowest BCUT2D eigenvalue weighted by Gasteiger charge is -2.27. The van der Waals surface area contributed by atoms with Crippen LogP contribution in [0.2, 0.25) is 0 Å². The molecular formula is C21H36N3O3P. The van der Waals surface area contributed by atoms with Crippen LogP contribution >= 0.6 is 7.60 Å². The van der Waals surface area contributed by atoms with Crippen molar-refractivity contribution in [2.45, 2.75) is 84.7 Å². The molecule has 6 nitrogen and oxygen atoms in total. The van der Waals surface area contributed by atoms with Crippen LogP contribution in [-0.2, 0) is 20.0 Å². The largest absolute Gasteiger partial charge is 0.339 e. The van der Waals surface area contributed by atoms with Crippen LogP contribution in [0.3, 0.4) is 0 Å². The molecule has 158 valence electrons. The number of aryl methyl sites for hydroxylation is 1. The van der Waals surface area contributed by atoms with Crippen LogP contribution in [-0.4, -0.2) is 27.8 Å². The van der Waals surface area contributed by atoms with Gasteiger partial charge in [0.1, 0.15) is 5.66 Å². The Balaban J connectivity index is 2.48. The van der Waals surface area contributed by atoms with E-state index in [0.717, 1.165) is 55.6 Å². The van der Waals surface area contributed by atoms with E-state index in [-0.39, 0.29) is 5.66 Å². The number of rotatable bonds is 14. The van der Waals surface area contributed by atoms with Crippen molar-refractivity contribution in [1.82, 2.24) is 14.6 Å². The average Bonchev–Trinajstić information content (AvgIpc) is 3.15. The molecule has 2 aromatic heterocycles. The summed E-state index contributed by atoms with van der Waals surface area (Å²) in [5.41, 5.74) is 2.36. The third-order valence-electron chi connectivity index (χ3n) is 4.90.